The Morgan fingerprint density at radius 3 is 1.60 bits per heavy atom. The maximum atomic E-state index is 9.75. The average Bonchev–Trinajstić information content (AvgIpc) is 2.01. The van der Waals surface area contributed by atoms with E-state index >= 15 is 0 Å². The average molecular weight is 227 g/mol. The number of ether oxygens (including phenoxy) is 1. The monoisotopic (exact) mass is 227 g/mol. The van der Waals surface area contributed by atoms with Gasteiger partial charge in [-0.1, -0.05) is 6.58 Å². The van der Waals surface area contributed by atoms with Crippen LogP contribution in [0.5, 0.6) is 0 Å². The van der Waals surface area contributed by atoms with Crippen LogP contribution in [0.3, 0.4) is 0 Å². The maximum absolute atomic E-state index is 9.75. The van der Waals surface area contributed by atoms with Gasteiger partial charge in [0, 0.05) is 50.1 Å². The van der Waals surface area contributed by atoms with E-state index in [0.717, 1.165) is 6.26 Å². The molecule has 15 heavy (non-hydrogen) atoms. The van der Waals surface area contributed by atoms with Crippen molar-refractivity contribution in [1.82, 2.24) is 0 Å². The fourth-order valence-corrected chi connectivity index (χ4v) is 0.260. The summed E-state index contributed by atoms with van der Waals surface area (Å²) in [6.07, 6.45) is 2.22. The molecule has 0 fully saturated rings. The van der Waals surface area contributed by atoms with Crippen LogP contribution >= 0.6 is 0 Å². The summed E-state index contributed by atoms with van der Waals surface area (Å²) in [4.78, 5) is 28.9. The molecule has 6 nitrogen and oxygen atoms in total. The third kappa shape index (κ3) is 32.2. The number of hydrogen-bond donors (Lipinski definition) is 2. The molecule has 0 heterocycles. The molecule has 0 aromatic carbocycles. The number of carboxylic acids is 2. The zero-order chi connectivity index (χ0) is 11.6. The summed E-state index contributed by atoms with van der Waals surface area (Å²) in [6.45, 7) is 4.48. The van der Waals surface area contributed by atoms with Crippen molar-refractivity contribution in [2.24, 2.45) is 0 Å². The van der Waals surface area contributed by atoms with Crippen LogP contribution in [-0.2, 0) is 19.1 Å². The van der Waals surface area contributed by atoms with Gasteiger partial charge in [-0.05, 0) is 0 Å². The fraction of sp³-hybridized carbons (Fsp3) is 0.125. The molecule has 1 radical (unpaired) electrons. The van der Waals surface area contributed by atoms with Gasteiger partial charge in [0.25, 0.3) is 0 Å². The van der Waals surface area contributed by atoms with Crippen molar-refractivity contribution in [3.8, 4) is 0 Å². The Morgan fingerprint density at radius 1 is 1.20 bits per heavy atom. The Kier molecular flexibility index (Phi) is 16.7. The molecule has 0 aromatic rings. The zero-order valence-corrected chi connectivity index (χ0v) is 10.5. The van der Waals surface area contributed by atoms with Gasteiger partial charge in [0.05, 0.1) is 6.26 Å². The van der Waals surface area contributed by atoms with Crippen LogP contribution in [0.4, 0.5) is 0 Å². The van der Waals surface area contributed by atoms with Crippen LogP contribution in [0.1, 0.15) is 8.35 Å². The summed E-state index contributed by atoms with van der Waals surface area (Å²) in [5, 5.41) is 15.6. The topological polar surface area (TPSA) is 101 Å². The molecule has 2 N–H and O–H groups in total. The molecule has 0 saturated heterocycles. The number of carboxylic acid groups (broad SMARTS) is 2. The molecule has 0 atom stereocenters. The minimum absolute atomic E-state index is 0. The van der Waals surface area contributed by atoms with Crippen LogP contribution in [0.2, 0.25) is 0 Å². The molecule has 0 rings (SSSR count). The Balaban J connectivity index is -0.0000000825. The van der Waals surface area contributed by atoms with Gasteiger partial charge in [0.1, 0.15) is 0 Å². The minimum atomic E-state index is -1.26. The minimum Gasteiger partial charge on any atom is -0.478 e. The molecule has 0 spiro atoms. The third-order valence-corrected chi connectivity index (χ3v) is 0.618. The smallest absolute Gasteiger partial charge is 0.328 e. The third-order valence-electron chi connectivity index (χ3n) is 0.618. The molecule has 0 aliphatic rings. The Morgan fingerprint density at radius 2 is 1.53 bits per heavy atom. The quantitative estimate of drug-likeness (QED) is 0.310. The number of carbonyl (C=O) groups excluding carboxylic acids is 1. The molecule has 0 aromatic heterocycles. The first-order valence-corrected chi connectivity index (χ1v) is 3.32. The van der Waals surface area contributed by atoms with E-state index in [9.17, 15) is 14.4 Å². The molecule has 0 bridgehead atoms. The van der Waals surface area contributed by atoms with Crippen LogP contribution in [-0.4, -0.2) is 57.7 Å². The van der Waals surface area contributed by atoms with Gasteiger partial charge in [-0.3, -0.25) is 4.79 Å². The van der Waals surface area contributed by atoms with Gasteiger partial charge in [0.2, 0.25) is 0 Å². The predicted molar refractivity (Wildman–Crippen MR) is 54.2 cm³/mol. The summed E-state index contributed by atoms with van der Waals surface area (Å²) in [7, 11) is 0. The molecule has 0 unspecified atom stereocenters. The van der Waals surface area contributed by atoms with Crippen LogP contribution in [0.25, 0.3) is 0 Å². The summed E-state index contributed by atoms with van der Waals surface area (Å²) in [5.41, 5.74) is 0. The second kappa shape index (κ2) is 12.9. The number of carbonyl (C=O) groups is 3. The molecular formula is C8H12NaO6. The molecule has 7 heteroatoms. The van der Waals surface area contributed by atoms with E-state index < -0.39 is 11.9 Å². The van der Waals surface area contributed by atoms with Gasteiger partial charge in [-0.25, -0.2) is 9.59 Å². The van der Waals surface area contributed by atoms with Gasteiger partial charge in [-0.15, -0.1) is 0 Å². The second-order valence-corrected chi connectivity index (χ2v) is 1.79. The summed E-state index contributed by atoms with van der Waals surface area (Å²) in [6, 6.07) is 0. The first-order chi connectivity index (χ1) is 6.40. The Hall–Kier alpha value is -1.11. The van der Waals surface area contributed by atoms with Crippen LogP contribution in [0, 0.1) is 0 Å². The Labute approximate surface area is 110 Å². The Bertz CT molecular complexity index is 247. The number of rotatable bonds is 3. The van der Waals surface area contributed by atoms with Crippen molar-refractivity contribution in [3.05, 3.63) is 25.0 Å². The fourth-order valence-electron chi connectivity index (χ4n) is 0.260. The van der Waals surface area contributed by atoms with Gasteiger partial charge in [-0.2, -0.15) is 0 Å². The maximum Gasteiger partial charge on any atom is 0.328 e. The van der Waals surface area contributed by atoms with Crippen molar-refractivity contribution in [2.45, 2.75) is 6.92 Å². The van der Waals surface area contributed by atoms with Crippen molar-refractivity contribution in [2.75, 3.05) is 0 Å². The van der Waals surface area contributed by atoms with Crippen LogP contribution in [0.15, 0.2) is 25.0 Å². The van der Waals surface area contributed by atoms with Crippen molar-refractivity contribution >= 4 is 47.5 Å². The summed E-state index contributed by atoms with van der Waals surface area (Å²) >= 11 is 0. The zero-order valence-electron chi connectivity index (χ0n) is 8.47. The largest absolute Gasteiger partial charge is 0.478 e. The van der Waals surface area contributed by atoms with E-state index in [1.807, 2.05) is 0 Å². The molecular weight excluding hydrogens is 215 g/mol. The SMILES string of the molecule is C=COC(C)=O.O=C(O)/C=C\C(=O)O.[HH].[Na]. The molecule has 0 aliphatic carbocycles. The van der Waals surface area contributed by atoms with Crippen molar-refractivity contribution in [1.29, 1.82) is 0 Å². The first kappa shape index (κ1) is 19.5. The van der Waals surface area contributed by atoms with Crippen molar-refractivity contribution < 1.29 is 30.8 Å². The summed E-state index contributed by atoms with van der Waals surface area (Å²) in [5.74, 6) is -2.84. The van der Waals surface area contributed by atoms with E-state index in [1.54, 1.807) is 0 Å². The molecule has 81 valence electrons. The van der Waals surface area contributed by atoms with E-state index in [0.29, 0.717) is 12.2 Å². The van der Waals surface area contributed by atoms with E-state index in [1.165, 1.54) is 6.92 Å². The number of esters is 1. The number of hydrogen-bond acceptors (Lipinski definition) is 4. The van der Waals surface area contributed by atoms with Crippen molar-refractivity contribution in [3.63, 3.8) is 0 Å². The van der Waals surface area contributed by atoms with Gasteiger partial charge in [0.15, 0.2) is 0 Å². The van der Waals surface area contributed by atoms with E-state index in [2.05, 4.69) is 11.3 Å². The molecule has 0 amide bonds. The van der Waals surface area contributed by atoms with Gasteiger partial charge >= 0.3 is 17.9 Å². The predicted octanol–water partition coefficient (Wildman–Crippen LogP) is 0.270. The van der Waals surface area contributed by atoms with Gasteiger partial charge < -0.3 is 14.9 Å². The molecule has 0 aliphatic heterocycles. The standard InChI is InChI=1S/C4H4O4.C4H6O2.Na.H2/c5-3(6)1-2-4(7)8;1-3-6-4(2)5;;/h1-2H,(H,5,6)(H,7,8);3H,1H2,2H3;;1H/b2-1-;;;. The normalized spacial score (nSPS) is 7.80. The molecule has 0 saturated carbocycles. The van der Waals surface area contributed by atoms with E-state index in [4.69, 9.17) is 10.2 Å². The summed E-state index contributed by atoms with van der Waals surface area (Å²) < 4.78 is 4.17. The number of aliphatic carboxylic acids is 2. The van der Waals surface area contributed by atoms with E-state index in [-0.39, 0.29) is 37.0 Å². The van der Waals surface area contributed by atoms with Crippen LogP contribution < -0.4 is 0 Å². The first-order valence-electron chi connectivity index (χ1n) is 3.32. The second-order valence-electron chi connectivity index (χ2n) is 1.79.